The maximum atomic E-state index is 5.85. The minimum atomic E-state index is -0.0466. The van der Waals surface area contributed by atoms with Crippen molar-refractivity contribution in [2.45, 2.75) is 32.9 Å². The van der Waals surface area contributed by atoms with Crippen LogP contribution >= 0.6 is 23.8 Å². The highest BCUT2D eigenvalue weighted by molar-refractivity contribution is 7.71. The first kappa shape index (κ1) is 18.0. The molecule has 0 unspecified atom stereocenters. The van der Waals surface area contributed by atoms with E-state index in [1.807, 2.05) is 36.0 Å². The van der Waals surface area contributed by atoms with E-state index in [9.17, 15) is 0 Å². The third-order valence-corrected chi connectivity index (χ3v) is 3.89. The van der Waals surface area contributed by atoms with Gasteiger partial charge in [-0.05, 0) is 43.5 Å². The highest BCUT2D eigenvalue weighted by Crippen LogP contribution is 2.18. The quantitative estimate of drug-likeness (QED) is 0.800. The van der Waals surface area contributed by atoms with E-state index >= 15 is 0 Å². The van der Waals surface area contributed by atoms with Crippen molar-refractivity contribution >= 4 is 23.8 Å². The summed E-state index contributed by atoms with van der Waals surface area (Å²) < 4.78 is 8.14. The number of nitrogens with one attached hydrogen (secondary N) is 1. The molecule has 0 aliphatic carbocycles. The first-order valence-electron chi connectivity index (χ1n) is 7.50. The van der Waals surface area contributed by atoms with Crippen LogP contribution in [0.1, 0.15) is 26.6 Å². The van der Waals surface area contributed by atoms with Crippen molar-refractivity contribution in [1.29, 1.82) is 0 Å². The van der Waals surface area contributed by atoms with Crippen LogP contribution in [0, 0.1) is 4.77 Å². The monoisotopic (exact) mass is 354 g/mol. The predicted octanol–water partition coefficient (Wildman–Crippen LogP) is 3.86. The molecule has 1 aromatic heterocycles. The Morgan fingerprint density at radius 2 is 1.96 bits per heavy atom. The second-order valence-corrected chi connectivity index (χ2v) is 7.36. The maximum absolute atomic E-state index is 5.85. The van der Waals surface area contributed by atoms with Gasteiger partial charge in [0, 0.05) is 17.0 Å². The summed E-state index contributed by atoms with van der Waals surface area (Å²) >= 11 is 11.2. The number of nitrogens with zero attached hydrogens (tertiary/aromatic N) is 3. The number of benzene rings is 1. The lowest BCUT2D eigenvalue weighted by molar-refractivity contribution is 0.197. The van der Waals surface area contributed by atoms with Crippen LogP contribution in [0.4, 0.5) is 0 Å². The van der Waals surface area contributed by atoms with Crippen LogP contribution in [0.5, 0.6) is 5.75 Å². The van der Waals surface area contributed by atoms with E-state index in [0.717, 1.165) is 18.1 Å². The zero-order valence-corrected chi connectivity index (χ0v) is 15.5. The highest BCUT2D eigenvalue weighted by Gasteiger charge is 2.18. The molecule has 1 heterocycles. The number of hydrogen-bond acceptors (Lipinski definition) is 4. The average molecular weight is 355 g/mol. The lowest BCUT2D eigenvalue weighted by Crippen LogP contribution is -2.27. The van der Waals surface area contributed by atoms with Crippen molar-refractivity contribution < 1.29 is 4.74 Å². The van der Waals surface area contributed by atoms with Gasteiger partial charge in [0.15, 0.2) is 0 Å². The molecule has 2 aromatic rings. The van der Waals surface area contributed by atoms with Crippen molar-refractivity contribution in [2.24, 2.45) is 0 Å². The molecule has 0 saturated carbocycles. The van der Waals surface area contributed by atoms with Crippen LogP contribution in [-0.4, -0.2) is 39.9 Å². The van der Waals surface area contributed by atoms with E-state index < -0.39 is 0 Å². The fourth-order valence-electron chi connectivity index (χ4n) is 1.95. The largest absolute Gasteiger partial charge is 0.492 e. The van der Waals surface area contributed by atoms with Gasteiger partial charge in [-0.1, -0.05) is 32.4 Å². The van der Waals surface area contributed by atoms with Gasteiger partial charge in [-0.3, -0.25) is 10.00 Å². The summed E-state index contributed by atoms with van der Waals surface area (Å²) in [6.45, 7) is 8.32. The molecule has 7 heteroatoms. The Bertz CT molecular complexity index is 687. The molecule has 1 N–H and O–H groups in total. The van der Waals surface area contributed by atoms with Gasteiger partial charge in [-0.2, -0.15) is 0 Å². The number of H-pyrrole nitrogens is 1. The summed E-state index contributed by atoms with van der Waals surface area (Å²) in [5.74, 6) is 1.71. The third kappa shape index (κ3) is 5.34. The molecule has 0 aliphatic heterocycles. The summed E-state index contributed by atoms with van der Waals surface area (Å²) in [7, 11) is 2.02. The number of ether oxygens (including phenoxy) is 1. The Labute approximate surface area is 147 Å². The minimum Gasteiger partial charge on any atom is -0.492 e. The zero-order valence-electron chi connectivity index (χ0n) is 14.0. The fourth-order valence-corrected chi connectivity index (χ4v) is 2.27. The van der Waals surface area contributed by atoms with Crippen LogP contribution in [0.2, 0.25) is 5.02 Å². The molecule has 23 heavy (non-hydrogen) atoms. The number of aromatic nitrogens is 3. The van der Waals surface area contributed by atoms with Gasteiger partial charge >= 0.3 is 0 Å². The Morgan fingerprint density at radius 3 is 2.52 bits per heavy atom. The van der Waals surface area contributed by atoms with E-state index in [4.69, 9.17) is 28.6 Å². The molecule has 1 aromatic carbocycles. The van der Waals surface area contributed by atoms with Gasteiger partial charge in [0.2, 0.25) is 4.77 Å². The van der Waals surface area contributed by atoms with Gasteiger partial charge in [-0.15, -0.1) is 0 Å². The van der Waals surface area contributed by atoms with E-state index in [2.05, 4.69) is 35.8 Å². The maximum Gasteiger partial charge on any atom is 0.217 e. The average Bonchev–Trinajstić information content (AvgIpc) is 2.82. The lowest BCUT2D eigenvalue weighted by Gasteiger charge is -2.18. The summed E-state index contributed by atoms with van der Waals surface area (Å²) in [6.07, 6.45) is 0. The van der Waals surface area contributed by atoms with Gasteiger partial charge < -0.3 is 4.74 Å². The van der Waals surface area contributed by atoms with Crippen LogP contribution in [0.3, 0.4) is 0 Å². The van der Waals surface area contributed by atoms with E-state index in [-0.39, 0.29) is 5.41 Å². The molecular weight excluding hydrogens is 332 g/mol. The molecule has 0 amide bonds. The van der Waals surface area contributed by atoms with E-state index in [0.29, 0.717) is 23.1 Å². The molecule has 0 radical (unpaired) electrons. The van der Waals surface area contributed by atoms with Gasteiger partial charge in [0.25, 0.3) is 0 Å². The van der Waals surface area contributed by atoms with Crippen LogP contribution in [-0.2, 0) is 12.1 Å². The van der Waals surface area contributed by atoms with Gasteiger partial charge in [-0.25, -0.2) is 9.67 Å². The summed E-state index contributed by atoms with van der Waals surface area (Å²) in [6, 6.07) is 7.36. The first-order chi connectivity index (χ1) is 10.8. The van der Waals surface area contributed by atoms with Crippen LogP contribution < -0.4 is 4.74 Å². The second-order valence-electron chi connectivity index (χ2n) is 6.56. The lowest BCUT2D eigenvalue weighted by atomic mass is 9.96. The molecule has 0 bridgehead atoms. The number of likely N-dealkylation sites (N-methyl/N-ethyl adjacent to an activating group) is 1. The summed E-state index contributed by atoms with van der Waals surface area (Å²) in [5, 5.41) is 3.98. The number of aromatic amines is 1. The molecule has 0 spiro atoms. The normalized spacial score (nSPS) is 11.9. The Morgan fingerprint density at radius 1 is 1.30 bits per heavy atom. The molecule has 0 fully saturated rings. The molecular formula is C16H23ClN4OS. The van der Waals surface area contributed by atoms with Crippen molar-refractivity contribution in [3.8, 4) is 5.75 Å². The number of hydrogen-bond donors (Lipinski definition) is 1. The van der Waals surface area contributed by atoms with Crippen molar-refractivity contribution in [2.75, 3.05) is 20.2 Å². The minimum absolute atomic E-state index is 0.0466. The Hall–Kier alpha value is -1.37. The molecule has 5 nitrogen and oxygen atoms in total. The molecule has 0 saturated heterocycles. The van der Waals surface area contributed by atoms with Gasteiger partial charge in [0.1, 0.15) is 18.2 Å². The van der Waals surface area contributed by atoms with Crippen LogP contribution in [0.15, 0.2) is 24.3 Å². The number of rotatable bonds is 6. The van der Waals surface area contributed by atoms with E-state index in [1.165, 1.54) is 0 Å². The first-order valence-corrected chi connectivity index (χ1v) is 8.28. The number of halogens is 1. The second kappa shape index (κ2) is 7.47. The predicted molar refractivity (Wildman–Crippen MR) is 95.7 cm³/mol. The van der Waals surface area contributed by atoms with Crippen LogP contribution in [0.25, 0.3) is 0 Å². The SMILES string of the molecule is CN(CCOc1ccc(Cl)cc1)Cn1[nH]c(C(C)(C)C)nc1=S. The van der Waals surface area contributed by atoms with Crippen molar-refractivity contribution in [3.63, 3.8) is 0 Å². The smallest absolute Gasteiger partial charge is 0.217 e. The standard InChI is InChI=1S/C16H23ClN4OS/c1-16(2,3)14-18-15(23)21(19-14)11-20(4)9-10-22-13-7-5-12(17)6-8-13/h5-8H,9-11H2,1-4H3,(H,18,19,23). The Balaban J connectivity index is 1.85. The molecule has 0 atom stereocenters. The fraction of sp³-hybridized carbons (Fsp3) is 0.500. The summed E-state index contributed by atoms with van der Waals surface area (Å²) in [5.41, 5.74) is -0.0466. The van der Waals surface area contributed by atoms with E-state index in [1.54, 1.807) is 0 Å². The summed E-state index contributed by atoms with van der Waals surface area (Å²) in [4.78, 5) is 6.54. The zero-order chi connectivity index (χ0) is 17.0. The molecule has 0 aliphatic rings. The molecule has 2 rings (SSSR count). The molecule has 126 valence electrons. The third-order valence-electron chi connectivity index (χ3n) is 3.33. The van der Waals surface area contributed by atoms with Crippen molar-refractivity contribution in [3.05, 3.63) is 39.9 Å². The topological polar surface area (TPSA) is 46.1 Å². The van der Waals surface area contributed by atoms with Crippen molar-refractivity contribution in [1.82, 2.24) is 19.7 Å². The van der Waals surface area contributed by atoms with Gasteiger partial charge in [0.05, 0.1) is 6.67 Å². The highest BCUT2D eigenvalue weighted by atomic mass is 35.5. The Kier molecular flexibility index (Phi) is 5.84.